The van der Waals surface area contributed by atoms with Gasteiger partial charge >= 0.3 is 12.1 Å². The van der Waals surface area contributed by atoms with Gasteiger partial charge in [0.05, 0.1) is 0 Å². The van der Waals surface area contributed by atoms with Crippen LogP contribution in [0.1, 0.15) is 32.6 Å². The fourth-order valence-corrected chi connectivity index (χ4v) is 1.61. The Bertz CT molecular complexity index is 322. The van der Waals surface area contributed by atoms with E-state index in [1.54, 1.807) is 19.4 Å². The van der Waals surface area contributed by atoms with Gasteiger partial charge in [0.2, 0.25) is 5.91 Å². The van der Waals surface area contributed by atoms with Crippen LogP contribution in [0.5, 0.6) is 0 Å². The molecule has 5 nitrogen and oxygen atoms in total. The van der Waals surface area contributed by atoms with Crippen molar-refractivity contribution in [2.75, 3.05) is 26.8 Å². The molecule has 2 amide bonds. The molecule has 0 heterocycles. The highest BCUT2D eigenvalue weighted by molar-refractivity contribution is 5.81. The van der Waals surface area contributed by atoms with E-state index in [4.69, 9.17) is 4.74 Å². The molecule has 0 aromatic rings. The molecule has 0 aliphatic carbocycles. The van der Waals surface area contributed by atoms with Crippen LogP contribution < -0.4 is 10.6 Å². The third-order valence-electron chi connectivity index (χ3n) is 2.88. The van der Waals surface area contributed by atoms with Crippen LogP contribution in [0.4, 0.5) is 13.2 Å². The number of rotatable bonds is 10. The van der Waals surface area contributed by atoms with Gasteiger partial charge in [0.25, 0.3) is 0 Å². The highest BCUT2D eigenvalue weighted by Gasteiger charge is 2.38. The summed E-state index contributed by atoms with van der Waals surface area (Å²) < 4.78 is 40.5. The summed E-state index contributed by atoms with van der Waals surface area (Å²) in [6.45, 7) is 2.84. The van der Waals surface area contributed by atoms with Crippen molar-refractivity contribution in [3.8, 4) is 0 Å². The van der Waals surface area contributed by atoms with Gasteiger partial charge in [0, 0.05) is 32.7 Å². The number of alkyl halides is 3. The van der Waals surface area contributed by atoms with Crippen molar-refractivity contribution in [2.45, 2.75) is 38.8 Å². The number of amides is 2. The lowest BCUT2D eigenvalue weighted by Gasteiger charge is -2.12. The summed E-state index contributed by atoms with van der Waals surface area (Å²) in [5.41, 5.74) is 0. The third kappa shape index (κ3) is 10.1. The molecule has 0 saturated heterocycles. The van der Waals surface area contributed by atoms with Crippen LogP contribution in [0, 0.1) is 5.92 Å². The maximum absolute atomic E-state index is 11.9. The summed E-state index contributed by atoms with van der Waals surface area (Å²) in [5.74, 6) is -2.21. The van der Waals surface area contributed by atoms with E-state index < -0.39 is 12.1 Å². The fourth-order valence-electron chi connectivity index (χ4n) is 1.61. The second kappa shape index (κ2) is 10.4. The van der Waals surface area contributed by atoms with Crippen LogP contribution in [0.3, 0.4) is 0 Å². The van der Waals surface area contributed by atoms with E-state index in [1.807, 2.05) is 0 Å². The van der Waals surface area contributed by atoms with Crippen molar-refractivity contribution in [3.63, 3.8) is 0 Å². The summed E-state index contributed by atoms with van der Waals surface area (Å²) in [4.78, 5) is 22.2. The van der Waals surface area contributed by atoms with Gasteiger partial charge < -0.3 is 15.4 Å². The Hall–Kier alpha value is -1.31. The molecule has 0 bridgehead atoms. The molecule has 0 rings (SSSR count). The molecule has 0 radical (unpaired) electrons. The van der Waals surface area contributed by atoms with E-state index in [2.05, 4.69) is 5.32 Å². The Morgan fingerprint density at radius 2 is 1.71 bits per heavy atom. The average Bonchev–Trinajstić information content (AvgIpc) is 2.41. The van der Waals surface area contributed by atoms with Crippen molar-refractivity contribution >= 4 is 11.8 Å². The molecule has 0 aliphatic heterocycles. The first kappa shape index (κ1) is 19.7. The molecule has 2 N–H and O–H groups in total. The lowest BCUT2D eigenvalue weighted by molar-refractivity contribution is -0.173. The van der Waals surface area contributed by atoms with Gasteiger partial charge in [0.1, 0.15) is 0 Å². The lowest BCUT2D eigenvalue weighted by atomic mass is 10.0. The molecule has 0 saturated carbocycles. The Balaban J connectivity index is 3.63. The molecule has 0 aromatic carbocycles. The van der Waals surface area contributed by atoms with Gasteiger partial charge in [-0.2, -0.15) is 13.2 Å². The van der Waals surface area contributed by atoms with E-state index in [9.17, 15) is 22.8 Å². The lowest BCUT2D eigenvalue weighted by Crippen LogP contribution is -2.37. The van der Waals surface area contributed by atoms with Gasteiger partial charge in [0.15, 0.2) is 0 Å². The molecule has 8 heteroatoms. The standard InChI is InChI=1S/C13H23F3N2O3/c1-10(11(19)17-8-5-9-21-2)6-3-4-7-18-12(20)13(14,15)16/h10H,3-9H2,1-2H3,(H,17,19)(H,18,20). The van der Waals surface area contributed by atoms with Crippen molar-refractivity contribution in [1.82, 2.24) is 10.6 Å². The summed E-state index contributed by atoms with van der Waals surface area (Å²) >= 11 is 0. The van der Waals surface area contributed by atoms with Crippen molar-refractivity contribution in [2.24, 2.45) is 5.92 Å². The van der Waals surface area contributed by atoms with Crippen molar-refractivity contribution in [3.05, 3.63) is 0 Å². The minimum Gasteiger partial charge on any atom is -0.385 e. The molecule has 21 heavy (non-hydrogen) atoms. The minimum atomic E-state index is -4.84. The van der Waals surface area contributed by atoms with Crippen LogP contribution in [0.25, 0.3) is 0 Å². The van der Waals surface area contributed by atoms with E-state index >= 15 is 0 Å². The molecular formula is C13H23F3N2O3. The number of carbonyl (C=O) groups is 2. The van der Waals surface area contributed by atoms with Gasteiger partial charge in [-0.05, 0) is 19.3 Å². The normalized spacial score (nSPS) is 12.8. The third-order valence-corrected chi connectivity index (χ3v) is 2.88. The van der Waals surface area contributed by atoms with E-state index in [1.165, 1.54) is 0 Å². The number of unbranched alkanes of at least 4 members (excludes halogenated alkanes) is 1. The summed E-state index contributed by atoms with van der Waals surface area (Å²) in [6.07, 6.45) is -2.56. The SMILES string of the molecule is COCCCNC(=O)C(C)CCCCNC(=O)C(F)(F)F. The van der Waals surface area contributed by atoms with Crippen LogP contribution in [0.2, 0.25) is 0 Å². The summed E-state index contributed by atoms with van der Waals surface area (Å²) in [5, 5.41) is 4.55. The van der Waals surface area contributed by atoms with E-state index in [0.29, 0.717) is 32.4 Å². The Kier molecular flexibility index (Phi) is 9.77. The van der Waals surface area contributed by atoms with Gasteiger partial charge in [-0.25, -0.2) is 0 Å². The van der Waals surface area contributed by atoms with Crippen molar-refractivity contribution < 1.29 is 27.5 Å². The van der Waals surface area contributed by atoms with E-state index in [0.717, 1.165) is 6.42 Å². The number of ether oxygens (including phenoxy) is 1. The van der Waals surface area contributed by atoms with Crippen LogP contribution >= 0.6 is 0 Å². The first-order chi connectivity index (χ1) is 9.79. The number of methoxy groups -OCH3 is 1. The molecule has 124 valence electrons. The zero-order valence-electron chi connectivity index (χ0n) is 12.4. The van der Waals surface area contributed by atoms with Crippen LogP contribution in [-0.2, 0) is 14.3 Å². The Morgan fingerprint density at radius 3 is 2.29 bits per heavy atom. The number of nitrogens with one attached hydrogen (secondary N) is 2. The van der Waals surface area contributed by atoms with E-state index in [-0.39, 0.29) is 18.4 Å². The first-order valence-electron chi connectivity index (χ1n) is 6.90. The first-order valence-corrected chi connectivity index (χ1v) is 6.90. The number of hydrogen-bond acceptors (Lipinski definition) is 3. The summed E-state index contributed by atoms with van der Waals surface area (Å²) in [7, 11) is 1.59. The second-order valence-corrected chi connectivity index (χ2v) is 4.79. The average molecular weight is 312 g/mol. The minimum absolute atomic E-state index is 0.0411. The molecule has 0 aromatic heterocycles. The van der Waals surface area contributed by atoms with Gasteiger partial charge in [-0.15, -0.1) is 0 Å². The zero-order chi connectivity index (χ0) is 16.3. The van der Waals surface area contributed by atoms with Crippen LogP contribution in [0.15, 0.2) is 0 Å². The highest BCUT2D eigenvalue weighted by atomic mass is 19.4. The van der Waals surface area contributed by atoms with Gasteiger partial charge in [-0.3, -0.25) is 9.59 Å². The predicted molar refractivity (Wildman–Crippen MR) is 71.6 cm³/mol. The summed E-state index contributed by atoms with van der Waals surface area (Å²) in [6, 6.07) is 0. The predicted octanol–water partition coefficient (Wildman–Crippen LogP) is 1.62. The maximum Gasteiger partial charge on any atom is 0.471 e. The highest BCUT2D eigenvalue weighted by Crippen LogP contribution is 2.14. The Labute approximate surface area is 122 Å². The quantitative estimate of drug-likeness (QED) is 0.602. The van der Waals surface area contributed by atoms with Gasteiger partial charge in [-0.1, -0.05) is 13.3 Å². The molecule has 1 atom stereocenters. The number of carbonyl (C=O) groups excluding carboxylic acids is 2. The molecule has 1 unspecified atom stereocenters. The monoisotopic (exact) mass is 312 g/mol. The second-order valence-electron chi connectivity index (χ2n) is 4.79. The molecule has 0 spiro atoms. The topological polar surface area (TPSA) is 67.4 Å². The maximum atomic E-state index is 11.9. The largest absolute Gasteiger partial charge is 0.471 e. The molecule has 0 fully saturated rings. The number of halogens is 3. The fraction of sp³-hybridized carbons (Fsp3) is 0.846. The zero-order valence-corrected chi connectivity index (χ0v) is 12.4. The Morgan fingerprint density at radius 1 is 1.10 bits per heavy atom. The smallest absolute Gasteiger partial charge is 0.385 e. The van der Waals surface area contributed by atoms with Crippen LogP contribution in [-0.4, -0.2) is 44.8 Å². The van der Waals surface area contributed by atoms with Crippen molar-refractivity contribution in [1.29, 1.82) is 0 Å². The molecular weight excluding hydrogens is 289 g/mol. The number of hydrogen-bond donors (Lipinski definition) is 2. The molecule has 0 aliphatic rings.